The molecule has 1 N–H and O–H groups in total. The molecule has 142 valence electrons. The number of carboxylic acid groups (broad SMARTS) is 1. The zero-order valence-corrected chi connectivity index (χ0v) is 15.3. The van der Waals surface area contributed by atoms with Crippen LogP contribution in [0, 0.1) is 0 Å². The molecule has 4 rings (SSSR count). The van der Waals surface area contributed by atoms with Crippen LogP contribution in [0.2, 0.25) is 0 Å². The first kappa shape index (κ1) is 17.6. The van der Waals surface area contributed by atoms with E-state index in [1.807, 2.05) is 4.90 Å². The average Bonchev–Trinajstić information content (AvgIpc) is 3.41. The number of hydrogen-bond acceptors (Lipinski definition) is 4. The van der Waals surface area contributed by atoms with E-state index in [1.165, 1.54) is 12.8 Å². The first-order valence-electron chi connectivity index (χ1n) is 10.2. The average molecular weight is 360 g/mol. The summed E-state index contributed by atoms with van der Waals surface area (Å²) in [7, 11) is 0. The maximum absolute atomic E-state index is 13.5. The molecule has 6 nitrogen and oxygen atoms in total. The van der Waals surface area contributed by atoms with Gasteiger partial charge in [-0.25, -0.2) is 4.79 Å². The number of hydrogen-bond donors (Lipinski definition) is 1. The Morgan fingerprint density at radius 2 is 1.42 bits per heavy atom. The Hall–Kier alpha value is -1.85. The number of aromatic nitrogens is 1. The summed E-state index contributed by atoms with van der Waals surface area (Å²) in [6.07, 6.45) is 12.9. The molecule has 0 spiro atoms. The van der Waals surface area contributed by atoms with E-state index in [4.69, 9.17) is 4.52 Å². The molecule has 0 saturated heterocycles. The van der Waals surface area contributed by atoms with Crippen molar-refractivity contribution < 1.29 is 19.2 Å². The van der Waals surface area contributed by atoms with Crippen LogP contribution in [0.25, 0.3) is 0 Å². The highest BCUT2D eigenvalue weighted by Crippen LogP contribution is 2.43. The Labute approximate surface area is 153 Å². The molecule has 0 bridgehead atoms. The topological polar surface area (TPSA) is 83.6 Å². The smallest absolute Gasteiger partial charge is 0.341 e. The fourth-order valence-corrected chi connectivity index (χ4v) is 4.75. The van der Waals surface area contributed by atoms with Crippen molar-refractivity contribution in [3.63, 3.8) is 0 Å². The predicted molar refractivity (Wildman–Crippen MR) is 95.4 cm³/mol. The minimum Gasteiger partial charge on any atom is -0.477 e. The Morgan fingerprint density at radius 1 is 0.885 bits per heavy atom. The Balaban J connectivity index is 1.66. The second-order valence-corrected chi connectivity index (χ2v) is 8.15. The van der Waals surface area contributed by atoms with E-state index in [2.05, 4.69) is 5.16 Å². The SMILES string of the molecule is O=C(O)c1c(C(=O)N(C2CCCCC2)C2CCCCC2)noc1C1CC1. The number of nitrogens with zero attached hydrogens (tertiary/aromatic N) is 2. The largest absolute Gasteiger partial charge is 0.477 e. The third-order valence-electron chi connectivity index (χ3n) is 6.25. The number of carbonyl (C=O) groups is 2. The van der Waals surface area contributed by atoms with Gasteiger partial charge in [-0.15, -0.1) is 0 Å². The Morgan fingerprint density at radius 3 is 1.88 bits per heavy atom. The minimum atomic E-state index is -1.09. The summed E-state index contributed by atoms with van der Waals surface area (Å²) in [4.78, 5) is 27.3. The maximum Gasteiger partial charge on any atom is 0.341 e. The van der Waals surface area contributed by atoms with Gasteiger partial charge in [0.15, 0.2) is 11.5 Å². The van der Waals surface area contributed by atoms with E-state index in [0.29, 0.717) is 5.76 Å². The van der Waals surface area contributed by atoms with Crippen molar-refractivity contribution in [3.8, 4) is 0 Å². The summed E-state index contributed by atoms with van der Waals surface area (Å²) < 4.78 is 5.35. The van der Waals surface area contributed by atoms with Crippen molar-refractivity contribution >= 4 is 11.9 Å². The lowest BCUT2D eigenvalue weighted by Crippen LogP contribution is -2.49. The number of rotatable bonds is 5. The van der Waals surface area contributed by atoms with Gasteiger partial charge in [0.2, 0.25) is 0 Å². The Bertz CT molecular complexity index is 649. The molecule has 1 heterocycles. The second-order valence-electron chi connectivity index (χ2n) is 8.15. The van der Waals surface area contributed by atoms with Crippen molar-refractivity contribution in [2.24, 2.45) is 0 Å². The molecule has 0 unspecified atom stereocenters. The van der Waals surface area contributed by atoms with E-state index in [0.717, 1.165) is 64.2 Å². The van der Waals surface area contributed by atoms with Crippen molar-refractivity contribution in [1.29, 1.82) is 0 Å². The summed E-state index contributed by atoms with van der Waals surface area (Å²) in [5, 5.41) is 13.7. The summed E-state index contributed by atoms with van der Waals surface area (Å²) in [5.74, 6) is -0.804. The zero-order valence-electron chi connectivity index (χ0n) is 15.3. The van der Waals surface area contributed by atoms with Crippen LogP contribution in [0.1, 0.15) is 110 Å². The van der Waals surface area contributed by atoms with Crippen LogP contribution in [0.4, 0.5) is 0 Å². The predicted octanol–water partition coefficient (Wildman–Crippen LogP) is 4.36. The van der Waals surface area contributed by atoms with E-state index in [1.54, 1.807) is 0 Å². The lowest BCUT2D eigenvalue weighted by Gasteiger charge is -2.41. The molecule has 0 radical (unpaired) electrons. The van der Waals surface area contributed by atoms with Gasteiger partial charge in [0.25, 0.3) is 5.91 Å². The molecular weight excluding hydrogens is 332 g/mol. The number of aromatic carboxylic acids is 1. The van der Waals surface area contributed by atoms with Crippen molar-refractivity contribution in [2.45, 2.75) is 95.1 Å². The molecule has 1 amide bonds. The molecule has 3 aliphatic carbocycles. The fraction of sp³-hybridized carbons (Fsp3) is 0.750. The molecule has 3 fully saturated rings. The molecule has 6 heteroatoms. The van der Waals surface area contributed by atoms with Crippen LogP contribution >= 0.6 is 0 Å². The number of amides is 1. The standard InChI is InChI=1S/C20H28N2O4/c23-19(17-16(20(24)25)18(26-21-17)13-11-12-13)22(14-7-3-1-4-8-14)15-9-5-2-6-10-15/h13-15H,1-12H2,(H,24,25). The second kappa shape index (κ2) is 7.41. The first-order valence-corrected chi connectivity index (χ1v) is 10.2. The van der Waals surface area contributed by atoms with Crippen LogP contribution in [0.3, 0.4) is 0 Å². The lowest BCUT2D eigenvalue weighted by atomic mass is 9.88. The van der Waals surface area contributed by atoms with E-state index in [9.17, 15) is 14.7 Å². The van der Waals surface area contributed by atoms with Crippen molar-refractivity contribution in [1.82, 2.24) is 10.1 Å². The molecule has 26 heavy (non-hydrogen) atoms. The van der Waals surface area contributed by atoms with Gasteiger partial charge < -0.3 is 14.5 Å². The van der Waals surface area contributed by atoms with Gasteiger partial charge in [0.1, 0.15) is 5.56 Å². The molecule has 0 aliphatic heterocycles. The molecule has 3 saturated carbocycles. The van der Waals surface area contributed by atoms with Crippen LogP contribution in [-0.4, -0.2) is 39.1 Å². The molecular formula is C20H28N2O4. The third kappa shape index (κ3) is 3.38. The molecule has 0 atom stereocenters. The summed E-state index contributed by atoms with van der Waals surface area (Å²) >= 11 is 0. The van der Waals surface area contributed by atoms with Crippen LogP contribution < -0.4 is 0 Å². The highest BCUT2D eigenvalue weighted by Gasteiger charge is 2.40. The van der Waals surface area contributed by atoms with Gasteiger partial charge in [-0.2, -0.15) is 0 Å². The highest BCUT2D eigenvalue weighted by atomic mass is 16.5. The molecule has 3 aliphatic rings. The van der Waals surface area contributed by atoms with Crippen molar-refractivity contribution in [3.05, 3.63) is 17.0 Å². The zero-order chi connectivity index (χ0) is 18.1. The first-order chi connectivity index (χ1) is 12.7. The number of carbonyl (C=O) groups excluding carboxylic acids is 1. The molecule has 1 aromatic rings. The summed E-state index contributed by atoms with van der Waals surface area (Å²) in [5.41, 5.74) is 0.0321. The van der Waals surface area contributed by atoms with Crippen molar-refractivity contribution in [2.75, 3.05) is 0 Å². The quantitative estimate of drug-likeness (QED) is 0.843. The van der Waals surface area contributed by atoms with Gasteiger partial charge in [-0.3, -0.25) is 4.79 Å². The van der Waals surface area contributed by atoms with Crippen LogP contribution in [0.5, 0.6) is 0 Å². The van der Waals surface area contributed by atoms with Gasteiger partial charge in [-0.1, -0.05) is 43.7 Å². The van der Waals surface area contributed by atoms with E-state index >= 15 is 0 Å². The fourth-order valence-electron chi connectivity index (χ4n) is 4.75. The monoisotopic (exact) mass is 360 g/mol. The summed E-state index contributed by atoms with van der Waals surface area (Å²) in [6, 6.07) is 0.420. The van der Waals surface area contributed by atoms with Gasteiger partial charge in [-0.05, 0) is 38.5 Å². The highest BCUT2D eigenvalue weighted by molar-refractivity contribution is 6.04. The summed E-state index contributed by atoms with van der Waals surface area (Å²) in [6.45, 7) is 0. The maximum atomic E-state index is 13.5. The molecule has 1 aromatic heterocycles. The van der Waals surface area contributed by atoms with Gasteiger partial charge >= 0.3 is 5.97 Å². The number of carboxylic acids is 1. The van der Waals surface area contributed by atoms with Gasteiger partial charge in [0.05, 0.1) is 0 Å². The lowest BCUT2D eigenvalue weighted by molar-refractivity contribution is 0.0432. The third-order valence-corrected chi connectivity index (χ3v) is 6.25. The van der Waals surface area contributed by atoms with E-state index < -0.39 is 5.97 Å². The molecule has 0 aromatic carbocycles. The van der Waals surface area contributed by atoms with Gasteiger partial charge in [0, 0.05) is 18.0 Å². The van der Waals surface area contributed by atoms with E-state index in [-0.39, 0.29) is 35.2 Å². The minimum absolute atomic E-state index is 0.00844. The Kier molecular flexibility index (Phi) is 5.00. The normalized spacial score (nSPS) is 22.3. The van der Waals surface area contributed by atoms with Crippen LogP contribution in [-0.2, 0) is 0 Å². The van der Waals surface area contributed by atoms with Crippen LogP contribution in [0.15, 0.2) is 4.52 Å².